The summed E-state index contributed by atoms with van der Waals surface area (Å²) in [7, 11) is 0. The van der Waals surface area contributed by atoms with Crippen molar-refractivity contribution in [1.82, 2.24) is 9.88 Å². The fourth-order valence-corrected chi connectivity index (χ4v) is 4.16. The first-order valence-electron chi connectivity index (χ1n) is 9.29. The number of pyridine rings is 1. The highest BCUT2D eigenvalue weighted by atomic mass is 35.5. The number of aliphatic hydroxyl groups is 1. The Labute approximate surface area is 179 Å². The van der Waals surface area contributed by atoms with Gasteiger partial charge in [-0.3, -0.25) is 14.5 Å². The fourth-order valence-electron chi connectivity index (χ4n) is 4.01. The number of hydrogen-bond acceptors (Lipinski definition) is 4. The average molecular weight is 458 g/mol. The standard InChI is InChI=1S/C20H16ClF4N3O3/c21-13-5-15(22)17(26-8-13)27-10-16(30)28(19(18(27)31)6-14(29)7-19)9-11-1-3-12(4-2-11)20(23,24)25/h1-5,8,14,29H,6-7,9-10H2. The monoisotopic (exact) mass is 457 g/mol. The van der Waals surface area contributed by atoms with Gasteiger partial charge in [-0.05, 0) is 23.8 Å². The van der Waals surface area contributed by atoms with Crippen LogP contribution in [0.1, 0.15) is 24.0 Å². The van der Waals surface area contributed by atoms with Crippen LogP contribution in [0.4, 0.5) is 23.4 Å². The minimum atomic E-state index is -4.50. The summed E-state index contributed by atoms with van der Waals surface area (Å²) in [6, 6.07) is 5.23. The normalized spacial score (nSPS) is 24.0. The number of amides is 2. The molecule has 1 aromatic carbocycles. The number of aliphatic hydroxyl groups excluding tert-OH is 1. The van der Waals surface area contributed by atoms with Gasteiger partial charge in [-0.1, -0.05) is 23.7 Å². The summed E-state index contributed by atoms with van der Waals surface area (Å²) in [6.07, 6.45) is -4.32. The SMILES string of the molecule is O=C1CN(c2ncc(Cl)cc2F)C(=O)C2(CC(O)C2)N1Cc1ccc(C(F)(F)F)cc1. The molecule has 1 aliphatic carbocycles. The first-order chi connectivity index (χ1) is 14.5. The number of carbonyl (C=O) groups is 2. The Morgan fingerprint density at radius 2 is 1.84 bits per heavy atom. The Morgan fingerprint density at radius 1 is 1.19 bits per heavy atom. The molecule has 11 heteroatoms. The molecular weight excluding hydrogens is 442 g/mol. The van der Waals surface area contributed by atoms with Gasteiger partial charge < -0.3 is 10.0 Å². The molecule has 0 bridgehead atoms. The number of alkyl halides is 3. The second-order valence-electron chi connectivity index (χ2n) is 7.62. The van der Waals surface area contributed by atoms with Crippen molar-refractivity contribution in [3.63, 3.8) is 0 Å². The first kappa shape index (κ1) is 21.5. The molecule has 0 radical (unpaired) electrons. The van der Waals surface area contributed by atoms with Crippen molar-refractivity contribution < 1.29 is 32.3 Å². The maximum Gasteiger partial charge on any atom is 0.416 e. The Hall–Kier alpha value is -2.72. The molecule has 0 atom stereocenters. The predicted molar refractivity (Wildman–Crippen MR) is 102 cm³/mol. The average Bonchev–Trinajstić information content (AvgIpc) is 2.66. The molecule has 1 aliphatic heterocycles. The molecule has 2 amide bonds. The van der Waals surface area contributed by atoms with Crippen molar-refractivity contribution in [2.24, 2.45) is 0 Å². The molecule has 6 nitrogen and oxygen atoms in total. The van der Waals surface area contributed by atoms with E-state index in [1.807, 2.05) is 0 Å². The molecule has 1 N–H and O–H groups in total. The van der Waals surface area contributed by atoms with Gasteiger partial charge >= 0.3 is 6.18 Å². The maximum atomic E-state index is 14.4. The van der Waals surface area contributed by atoms with Gasteiger partial charge in [0.25, 0.3) is 5.91 Å². The molecule has 4 rings (SSSR count). The van der Waals surface area contributed by atoms with E-state index < -0.39 is 47.6 Å². The van der Waals surface area contributed by atoms with E-state index in [-0.39, 0.29) is 30.2 Å². The third kappa shape index (κ3) is 3.74. The van der Waals surface area contributed by atoms with E-state index in [9.17, 15) is 32.3 Å². The molecule has 2 aliphatic rings. The molecule has 1 saturated carbocycles. The molecule has 0 unspecified atom stereocenters. The fraction of sp³-hybridized carbons (Fsp3) is 0.350. The van der Waals surface area contributed by atoms with Gasteiger partial charge in [0.1, 0.15) is 12.1 Å². The van der Waals surface area contributed by atoms with Crippen LogP contribution in [0.3, 0.4) is 0 Å². The Balaban J connectivity index is 1.64. The van der Waals surface area contributed by atoms with E-state index >= 15 is 0 Å². The summed E-state index contributed by atoms with van der Waals surface area (Å²) in [6.45, 7) is -0.622. The molecule has 1 aromatic heterocycles. The van der Waals surface area contributed by atoms with E-state index in [0.717, 1.165) is 29.3 Å². The Bertz CT molecular complexity index is 1040. The number of anilines is 1. The summed E-state index contributed by atoms with van der Waals surface area (Å²) < 4.78 is 52.7. The van der Waals surface area contributed by atoms with Crippen LogP contribution >= 0.6 is 11.6 Å². The zero-order chi connectivity index (χ0) is 22.6. The van der Waals surface area contributed by atoms with Crippen LogP contribution in [-0.4, -0.2) is 45.0 Å². The van der Waals surface area contributed by atoms with Crippen LogP contribution in [-0.2, 0) is 22.3 Å². The van der Waals surface area contributed by atoms with Crippen LogP contribution in [0.25, 0.3) is 0 Å². The minimum Gasteiger partial charge on any atom is -0.393 e. The lowest BCUT2D eigenvalue weighted by molar-refractivity contribution is -0.167. The van der Waals surface area contributed by atoms with Crippen LogP contribution in [0.15, 0.2) is 36.5 Å². The minimum absolute atomic E-state index is 0.0229. The number of carbonyl (C=O) groups excluding carboxylic acids is 2. The summed E-state index contributed by atoms with van der Waals surface area (Å²) in [5.41, 5.74) is -1.87. The third-order valence-electron chi connectivity index (χ3n) is 5.57. The van der Waals surface area contributed by atoms with Gasteiger partial charge in [0.05, 0.1) is 16.7 Å². The van der Waals surface area contributed by atoms with Gasteiger partial charge in [0, 0.05) is 25.6 Å². The van der Waals surface area contributed by atoms with Crippen LogP contribution in [0.2, 0.25) is 5.02 Å². The van der Waals surface area contributed by atoms with E-state index in [2.05, 4.69) is 4.98 Å². The summed E-state index contributed by atoms with van der Waals surface area (Å²) >= 11 is 5.70. The number of piperazine rings is 1. The van der Waals surface area contributed by atoms with E-state index in [1.54, 1.807) is 0 Å². The quantitative estimate of drug-likeness (QED) is 0.719. The highest BCUT2D eigenvalue weighted by molar-refractivity contribution is 6.30. The summed E-state index contributed by atoms with van der Waals surface area (Å²) in [4.78, 5) is 32.2. The maximum absolute atomic E-state index is 14.4. The van der Waals surface area contributed by atoms with Gasteiger partial charge in [0.2, 0.25) is 5.91 Å². The second-order valence-corrected chi connectivity index (χ2v) is 8.05. The third-order valence-corrected chi connectivity index (χ3v) is 5.77. The van der Waals surface area contributed by atoms with Crippen molar-refractivity contribution in [3.8, 4) is 0 Å². The summed E-state index contributed by atoms with van der Waals surface area (Å²) in [5, 5.41) is 9.91. The van der Waals surface area contributed by atoms with Gasteiger partial charge in [-0.25, -0.2) is 9.37 Å². The summed E-state index contributed by atoms with van der Waals surface area (Å²) in [5.74, 6) is -2.38. The second kappa shape index (κ2) is 7.45. The smallest absolute Gasteiger partial charge is 0.393 e. The van der Waals surface area contributed by atoms with Crippen LogP contribution in [0.5, 0.6) is 0 Å². The van der Waals surface area contributed by atoms with Crippen molar-refractivity contribution in [2.45, 2.75) is 37.2 Å². The lowest BCUT2D eigenvalue weighted by atomic mass is 9.70. The van der Waals surface area contributed by atoms with E-state index in [4.69, 9.17) is 11.6 Å². The zero-order valence-electron chi connectivity index (χ0n) is 15.9. The lowest BCUT2D eigenvalue weighted by Gasteiger charge is -2.55. The molecule has 31 heavy (non-hydrogen) atoms. The Morgan fingerprint density at radius 3 is 2.39 bits per heavy atom. The first-order valence-corrected chi connectivity index (χ1v) is 9.67. The molecule has 2 heterocycles. The zero-order valence-corrected chi connectivity index (χ0v) is 16.6. The van der Waals surface area contributed by atoms with Crippen molar-refractivity contribution >= 4 is 29.2 Å². The van der Waals surface area contributed by atoms with Crippen molar-refractivity contribution in [3.05, 3.63) is 58.5 Å². The molecular formula is C20H16ClF4N3O3. The lowest BCUT2D eigenvalue weighted by Crippen LogP contribution is -2.73. The number of nitrogens with zero attached hydrogens (tertiary/aromatic N) is 3. The number of aromatic nitrogens is 1. The molecule has 164 valence electrons. The number of hydrogen-bond donors (Lipinski definition) is 1. The molecule has 1 saturated heterocycles. The topological polar surface area (TPSA) is 73.7 Å². The molecule has 1 spiro atoms. The molecule has 2 fully saturated rings. The Kier molecular flexibility index (Phi) is 5.17. The van der Waals surface area contributed by atoms with Crippen LogP contribution < -0.4 is 4.90 Å². The van der Waals surface area contributed by atoms with Gasteiger partial charge in [-0.15, -0.1) is 0 Å². The number of benzene rings is 1. The number of rotatable bonds is 3. The highest BCUT2D eigenvalue weighted by Gasteiger charge is 2.60. The van der Waals surface area contributed by atoms with Gasteiger partial charge in [-0.2, -0.15) is 13.2 Å². The van der Waals surface area contributed by atoms with Crippen LogP contribution in [0, 0.1) is 5.82 Å². The van der Waals surface area contributed by atoms with E-state index in [1.165, 1.54) is 17.0 Å². The largest absolute Gasteiger partial charge is 0.416 e. The van der Waals surface area contributed by atoms with Crippen molar-refractivity contribution in [1.29, 1.82) is 0 Å². The van der Waals surface area contributed by atoms with Gasteiger partial charge in [0.15, 0.2) is 11.6 Å². The number of halogens is 5. The highest BCUT2D eigenvalue weighted by Crippen LogP contribution is 2.44. The van der Waals surface area contributed by atoms with Crippen molar-refractivity contribution in [2.75, 3.05) is 11.4 Å². The van der Waals surface area contributed by atoms with E-state index in [0.29, 0.717) is 5.56 Å². The molecule has 2 aromatic rings. The predicted octanol–water partition coefficient (Wildman–Crippen LogP) is 3.16.